The van der Waals surface area contributed by atoms with Crippen LogP contribution in [0, 0.1) is 12.7 Å². The molecule has 0 saturated heterocycles. The molecule has 2 nitrogen and oxygen atoms in total. The van der Waals surface area contributed by atoms with Gasteiger partial charge in [0.15, 0.2) is 0 Å². The molecule has 17 heavy (non-hydrogen) atoms. The fourth-order valence-electron chi connectivity index (χ4n) is 1.96. The van der Waals surface area contributed by atoms with Gasteiger partial charge in [0.05, 0.1) is 9.99 Å². The lowest BCUT2D eigenvalue weighted by Crippen LogP contribution is -2.00. The summed E-state index contributed by atoms with van der Waals surface area (Å²) in [4.78, 5) is 4.49. The molecule has 0 radical (unpaired) electrons. The van der Waals surface area contributed by atoms with Gasteiger partial charge < -0.3 is 5.32 Å². The van der Waals surface area contributed by atoms with Crippen molar-refractivity contribution in [1.29, 1.82) is 0 Å². The molecule has 1 aromatic carbocycles. The van der Waals surface area contributed by atoms with Gasteiger partial charge >= 0.3 is 0 Å². The second-order valence-corrected chi connectivity index (χ2v) is 4.84. The number of hydrogen-bond donors (Lipinski definition) is 1. The average Bonchev–Trinajstić information content (AvgIpc) is 2.34. The van der Waals surface area contributed by atoms with Gasteiger partial charge in [-0.15, -0.1) is 0 Å². The van der Waals surface area contributed by atoms with Gasteiger partial charge in [0, 0.05) is 12.4 Å². The Kier molecular flexibility index (Phi) is 3.33. The fraction of sp³-hybridized carbons (Fsp3) is 0.308. The highest BCUT2D eigenvalue weighted by molar-refractivity contribution is 9.10. The maximum atomic E-state index is 14.0. The van der Waals surface area contributed by atoms with Crippen molar-refractivity contribution < 1.29 is 4.39 Å². The topological polar surface area (TPSA) is 24.9 Å². The molecular formula is C13H14BrFN2. The summed E-state index contributed by atoms with van der Waals surface area (Å²) < 4.78 is 14.5. The predicted molar refractivity (Wildman–Crippen MR) is 73.1 cm³/mol. The molecule has 2 rings (SSSR count). The molecule has 1 heterocycles. The Morgan fingerprint density at radius 3 is 2.71 bits per heavy atom. The molecular weight excluding hydrogens is 283 g/mol. The van der Waals surface area contributed by atoms with E-state index < -0.39 is 0 Å². The predicted octanol–water partition coefficient (Wildman–Crippen LogP) is 4.05. The van der Waals surface area contributed by atoms with Gasteiger partial charge in [0.25, 0.3) is 0 Å². The number of benzene rings is 1. The number of pyridine rings is 1. The van der Waals surface area contributed by atoms with Gasteiger partial charge in [-0.1, -0.05) is 6.92 Å². The standard InChI is InChI=1S/C13H14BrFN2/c1-4-8-6-9-11(15)10(14)5-7(2)12(9)17-13(8)16-3/h5-6H,4H2,1-3H3,(H,16,17). The number of nitrogens with one attached hydrogen (secondary N) is 1. The van der Waals surface area contributed by atoms with Crippen LogP contribution in [-0.2, 0) is 6.42 Å². The van der Waals surface area contributed by atoms with Crippen molar-refractivity contribution >= 4 is 32.7 Å². The first kappa shape index (κ1) is 12.3. The minimum absolute atomic E-state index is 0.240. The van der Waals surface area contributed by atoms with Crippen LogP contribution in [0.4, 0.5) is 10.2 Å². The lowest BCUT2D eigenvalue weighted by Gasteiger charge is -2.11. The van der Waals surface area contributed by atoms with Crippen molar-refractivity contribution in [3.63, 3.8) is 0 Å². The van der Waals surface area contributed by atoms with Gasteiger partial charge in [0.2, 0.25) is 0 Å². The van der Waals surface area contributed by atoms with Crippen molar-refractivity contribution in [3.8, 4) is 0 Å². The Labute approximate surface area is 108 Å². The van der Waals surface area contributed by atoms with Crippen LogP contribution in [0.5, 0.6) is 0 Å². The highest BCUT2D eigenvalue weighted by atomic mass is 79.9. The Morgan fingerprint density at radius 2 is 2.12 bits per heavy atom. The molecule has 0 aliphatic carbocycles. The normalized spacial score (nSPS) is 10.9. The highest BCUT2D eigenvalue weighted by Gasteiger charge is 2.12. The number of fused-ring (bicyclic) bond motifs is 1. The minimum Gasteiger partial charge on any atom is -0.373 e. The maximum Gasteiger partial charge on any atom is 0.146 e. The molecule has 1 N–H and O–H groups in total. The van der Waals surface area contributed by atoms with Gasteiger partial charge in [-0.3, -0.25) is 0 Å². The molecule has 0 saturated carbocycles. The van der Waals surface area contributed by atoms with Gasteiger partial charge in [-0.05, 0) is 52.5 Å². The summed E-state index contributed by atoms with van der Waals surface area (Å²) in [6, 6.07) is 3.64. The Bertz CT molecular complexity index is 581. The molecule has 4 heteroatoms. The highest BCUT2D eigenvalue weighted by Crippen LogP contribution is 2.30. The number of rotatable bonds is 2. The summed E-state index contributed by atoms with van der Waals surface area (Å²) in [6.07, 6.45) is 0.824. The van der Waals surface area contributed by atoms with Crippen molar-refractivity contribution in [2.75, 3.05) is 12.4 Å². The van der Waals surface area contributed by atoms with E-state index in [-0.39, 0.29) is 5.82 Å². The van der Waals surface area contributed by atoms with E-state index in [1.165, 1.54) is 0 Å². The molecule has 90 valence electrons. The third-order valence-corrected chi connectivity index (χ3v) is 3.46. The van der Waals surface area contributed by atoms with E-state index in [0.717, 1.165) is 23.4 Å². The average molecular weight is 297 g/mol. The summed E-state index contributed by atoms with van der Waals surface area (Å²) >= 11 is 3.23. The molecule has 2 aromatic rings. The lowest BCUT2D eigenvalue weighted by atomic mass is 10.1. The van der Waals surface area contributed by atoms with E-state index in [4.69, 9.17) is 0 Å². The second kappa shape index (κ2) is 4.61. The monoisotopic (exact) mass is 296 g/mol. The van der Waals surface area contributed by atoms with E-state index in [1.807, 2.05) is 27.0 Å². The van der Waals surface area contributed by atoms with Gasteiger partial charge in [-0.2, -0.15) is 0 Å². The largest absolute Gasteiger partial charge is 0.373 e. The first-order valence-corrected chi connectivity index (χ1v) is 6.33. The zero-order valence-electron chi connectivity index (χ0n) is 10.1. The molecule has 0 atom stereocenters. The molecule has 0 aliphatic rings. The third-order valence-electron chi connectivity index (χ3n) is 2.88. The molecule has 0 amide bonds. The molecule has 1 aromatic heterocycles. The van der Waals surface area contributed by atoms with Crippen LogP contribution in [0.25, 0.3) is 10.9 Å². The molecule has 0 fully saturated rings. The Morgan fingerprint density at radius 1 is 1.41 bits per heavy atom. The first-order chi connectivity index (χ1) is 8.08. The lowest BCUT2D eigenvalue weighted by molar-refractivity contribution is 0.632. The van der Waals surface area contributed by atoms with Crippen molar-refractivity contribution in [1.82, 2.24) is 4.98 Å². The zero-order chi connectivity index (χ0) is 12.6. The minimum atomic E-state index is -0.240. The number of halogens is 2. The van der Waals surface area contributed by atoms with E-state index in [2.05, 4.69) is 26.2 Å². The van der Waals surface area contributed by atoms with E-state index >= 15 is 0 Å². The van der Waals surface area contributed by atoms with Crippen LogP contribution in [0.1, 0.15) is 18.1 Å². The summed E-state index contributed by atoms with van der Waals surface area (Å²) in [5, 5.41) is 3.63. The first-order valence-electron chi connectivity index (χ1n) is 5.54. The smallest absolute Gasteiger partial charge is 0.146 e. The molecule has 0 aliphatic heterocycles. The Balaban J connectivity index is 2.87. The van der Waals surface area contributed by atoms with Crippen molar-refractivity contribution in [2.45, 2.75) is 20.3 Å². The van der Waals surface area contributed by atoms with E-state index in [9.17, 15) is 4.39 Å². The SMILES string of the molecule is CCc1cc2c(F)c(Br)cc(C)c2nc1NC. The molecule has 0 unspecified atom stereocenters. The van der Waals surface area contributed by atoms with Crippen LogP contribution >= 0.6 is 15.9 Å². The summed E-state index contributed by atoms with van der Waals surface area (Å²) in [5.41, 5.74) is 2.70. The number of hydrogen-bond acceptors (Lipinski definition) is 2. The summed E-state index contributed by atoms with van der Waals surface area (Å²) in [7, 11) is 1.83. The number of aryl methyl sites for hydroxylation is 2. The van der Waals surface area contributed by atoms with Gasteiger partial charge in [0.1, 0.15) is 11.6 Å². The second-order valence-electron chi connectivity index (χ2n) is 3.99. The van der Waals surface area contributed by atoms with Crippen LogP contribution in [0.15, 0.2) is 16.6 Å². The molecule has 0 spiro atoms. The van der Waals surface area contributed by atoms with Crippen molar-refractivity contribution in [3.05, 3.63) is 33.5 Å². The maximum absolute atomic E-state index is 14.0. The summed E-state index contributed by atoms with van der Waals surface area (Å²) in [5.74, 6) is 0.584. The van der Waals surface area contributed by atoms with Crippen molar-refractivity contribution in [2.24, 2.45) is 0 Å². The zero-order valence-corrected chi connectivity index (χ0v) is 11.7. The number of aromatic nitrogens is 1. The van der Waals surface area contributed by atoms with E-state index in [0.29, 0.717) is 15.4 Å². The quantitative estimate of drug-likeness (QED) is 0.904. The molecule has 0 bridgehead atoms. The number of anilines is 1. The third kappa shape index (κ3) is 2.02. The number of nitrogens with zero attached hydrogens (tertiary/aromatic N) is 1. The fourth-order valence-corrected chi connectivity index (χ4v) is 2.52. The van der Waals surface area contributed by atoms with Crippen LogP contribution in [-0.4, -0.2) is 12.0 Å². The van der Waals surface area contributed by atoms with Gasteiger partial charge in [-0.25, -0.2) is 9.37 Å². The Hall–Kier alpha value is -1.16. The summed E-state index contributed by atoms with van der Waals surface area (Å²) in [6.45, 7) is 3.97. The van der Waals surface area contributed by atoms with Crippen LogP contribution in [0.3, 0.4) is 0 Å². The van der Waals surface area contributed by atoms with Crippen LogP contribution < -0.4 is 5.32 Å². The van der Waals surface area contributed by atoms with Crippen LogP contribution in [0.2, 0.25) is 0 Å². The van der Waals surface area contributed by atoms with E-state index in [1.54, 1.807) is 6.07 Å².